The van der Waals surface area contributed by atoms with Gasteiger partial charge in [-0.25, -0.2) is 13.9 Å². The number of amides is 2. The van der Waals surface area contributed by atoms with Crippen LogP contribution in [0.1, 0.15) is 46.0 Å². The molecule has 3 aliphatic rings. The molecule has 35 heavy (non-hydrogen) atoms. The van der Waals surface area contributed by atoms with Gasteiger partial charge in [0.15, 0.2) is 14.6 Å². The third-order valence-corrected chi connectivity index (χ3v) is 10.4. The van der Waals surface area contributed by atoms with Crippen molar-refractivity contribution < 1.29 is 28.0 Å². The van der Waals surface area contributed by atoms with Crippen molar-refractivity contribution in [1.82, 2.24) is 10.4 Å². The predicted molar refractivity (Wildman–Crippen MR) is 131 cm³/mol. The molecule has 194 valence electrons. The van der Waals surface area contributed by atoms with Gasteiger partial charge in [0.25, 0.3) is 5.91 Å². The largest absolute Gasteiger partial charge is 0.381 e. The molecule has 2 amide bonds. The number of ether oxygens (including phenoxy) is 1. The summed E-state index contributed by atoms with van der Waals surface area (Å²) in [6.07, 6.45) is 2.70. The molecule has 3 fully saturated rings. The highest BCUT2D eigenvalue weighted by atomic mass is 32.2. The Morgan fingerprint density at radius 3 is 2.14 bits per heavy atom. The van der Waals surface area contributed by atoms with Gasteiger partial charge in [-0.1, -0.05) is 13.8 Å². The lowest BCUT2D eigenvalue weighted by Gasteiger charge is -2.39. The molecule has 2 atom stereocenters. The maximum Gasteiger partial charge on any atom is 0.265 e. The van der Waals surface area contributed by atoms with E-state index in [-0.39, 0.29) is 42.8 Å². The number of sulfone groups is 1. The smallest absolute Gasteiger partial charge is 0.265 e. The van der Waals surface area contributed by atoms with Crippen molar-refractivity contribution >= 4 is 27.3 Å². The topological polar surface area (TPSA) is 116 Å². The fourth-order valence-electron chi connectivity index (χ4n) is 5.97. The summed E-state index contributed by atoms with van der Waals surface area (Å²) < 4.78 is 30.4. The van der Waals surface area contributed by atoms with E-state index >= 15 is 0 Å². The maximum atomic E-state index is 13.4. The van der Waals surface area contributed by atoms with Gasteiger partial charge in [0.05, 0.1) is 4.90 Å². The first-order valence-corrected chi connectivity index (χ1v) is 14.1. The zero-order valence-electron chi connectivity index (χ0n) is 20.6. The number of hydrogen-bond donors (Lipinski definition) is 2. The minimum Gasteiger partial charge on any atom is -0.381 e. The molecule has 4 rings (SSSR count). The van der Waals surface area contributed by atoms with Crippen molar-refractivity contribution in [2.45, 2.75) is 55.6 Å². The van der Waals surface area contributed by atoms with Crippen LogP contribution < -0.4 is 10.4 Å². The summed E-state index contributed by atoms with van der Waals surface area (Å²) in [5, 5.41) is 9.21. The van der Waals surface area contributed by atoms with Crippen LogP contribution in [0.5, 0.6) is 0 Å². The molecular weight excluding hydrogens is 470 g/mol. The molecule has 1 aromatic rings. The molecule has 0 spiro atoms. The number of rotatable bonds is 5. The fourth-order valence-corrected chi connectivity index (χ4v) is 7.91. The average Bonchev–Trinajstić information content (AvgIpc) is 2.87. The minimum atomic E-state index is -4.04. The number of carbonyl (C=O) groups is 2. The minimum absolute atomic E-state index is 0.0143. The first-order chi connectivity index (χ1) is 16.7. The number of piperidine rings is 2. The quantitative estimate of drug-likeness (QED) is 0.464. The van der Waals surface area contributed by atoms with Crippen LogP contribution in [0.4, 0.5) is 5.69 Å². The van der Waals surface area contributed by atoms with Crippen molar-refractivity contribution in [3.05, 3.63) is 24.3 Å². The summed E-state index contributed by atoms with van der Waals surface area (Å²) in [4.78, 5) is 29.8. The molecule has 0 radical (unpaired) electrons. The van der Waals surface area contributed by atoms with Gasteiger partial charge >= 0.3 is 0 Å². The Bertz CT molecular complexity index is 1000. The Morgan fingerprint density at radius 1 is 1.03 bits per heavy atom. The van der Waals surface area contributed by atoms with Gasteiger partial charge in [0, 0.05) is 51.0 Å². The van der Waals surface area contributed by atoms with Gasteiger partial charge in [-0.2, -0.15) is 0 Å². The molecule has 1 aromatic carbocycles. The van der Waals surface area contributed by atoms with E-state index in [9.17, 15) is 23.2 Å². The SMILES string of the molecule is CC1CC(C)CN(C(=O)C2CCN(c3ccc(S(=O)(=O)C4(C(=O)NO)CCOCC4)cc3)CC2)C1. The number of hydrogen-bond acceptors (Lipinski definition) is 7. The highest BCUT2D eigenvalue weighted by Crippen LogP contribution is 2.36. The molecule has 0 bridgehead atoms. The molecule has 0 saturated carbocycles. The van der Waals surface area contributed by atoms with Gasteiger partial charge in [-0.15, -0.1) is 0 Å². The Hall–Kier alpha value is -2.17. The summed E-state index contributed by atoms with van der Waals surface area (Å²) in [6, 6.07) is 6.57. The van der Waals surface area contributed by atoms with Crippen LogP contribution in [0, 0.1) is 17.8 Å². The van der Waals surface area contributed by atoms with Crippen molar-refractivity contribution in [3.8, 4) is 0 Å². The third kappa shape index (κ3) is 5.06. The van der Waals surface area contributed by atoms with E-state index in [4.69, 9.17) is 4.74 Å². The number of nitrogens with zero attached hydrogens (tertiary/aromatic N) is 2. The zero-order valence-corrected chi connectivity index (χ0v) is 21.4. The molecule has 2 unspecified atom stereocenters. The highest BCUT2D eigenvalue weighted by Gasteiger charge is 2.52. The Morgan fingerprint density at radius 2 is 1.60 bits per heavy atom. The summed E-state index contributed by atoms with van der Waals surface area (Å²) in [7, 11) is -4.04. The van der Waals surface area contributed by atoms with E-state index in [0.717, 1.165) is 44.7 Å². The molecule has 0 aromatic heterocycles. The first-order valence-electron chi connectivity index (χ1n) is 12.6. The lowest BCUT2D eigenvalue weighted by molar-refractivity contribution is -0.139. The summed E-state index contributed by atoms with van der Waals surface area (Å²) >= 11 is 0. The van der Waals surface area contributed by atoms with E-state index in [1.807, 2.05) is 4.90 Å². The van der Waals surface area contributed by atoms with Crippen LogP contribution in [0.2, 0.25) is 0 Å². The molecule has 2 N–H and O–H groups in total. The Balaban J connectivity index is 1.41. The van der Waals surface area contributed by atoms with Crippen LogP contribution in [-0.2, 0) is 24.2 Å². The van der Waals surface area contributed by atoms with Gasteiger partial charge in [-0.05, 0) is 68.2 Å². The number of likely N-dealkylation sites (tertiary alicyclic amines) is 1. The summed E-state index contributed by atoms with van der Waals surface area (Å²) in [5.41, 5.74) is 2.43. The molecular formula is C25H37N3O6S. The second kappa shape index (κ2) is 10.4. The molecule has 3 saturated heterocycles. The second-order valence-electron chi connectivity index (χ2n) is 10.5. The summed E-state index contributed by atoms with van der Waals surface area (Å²) in [5.74, 6) is 0.471. The van der Waals surface area contributed by atoms with Crippen LogP contribution in [0.15, 0.2) is 29.2 Å². The van der Waals surface area contributed by atoms with Crippen LogP contribution in [0.3, 0.4) is 0 Å². The predicted octanol–water partition coefficient (Wildman–Crippen LogP) is 2.24. The van der Waals surface area contributed by atoms with Gasteiger partial charge in [0.1, 0.15) is 0 Å². The number of nitrogens with one attached hydrogen (secondary N) is 1. The van der Waals surface area contributed by atoms with E-state index in [1.165, 1.54) is 18.6 Å². The van der Waals surface area contributed by atoms with Crippen molar-refractivity contribution in [2.24, 2.45) is 17.8 Å². The number of anilines is 1. The molecule has 3 aliphatic heterocycles. The standard InChI is InChI=1S/C25H37N3O6S/c1-18-15-19(2)17-28(16-18)23(29)20-7-11-27(12-8-20)21-3-5-22(6-4-21)35(32,33)25(24(30)26-31)9-13-34-14-10-25/h3-6,18-20,31H,7-17H2,1-2H3,(H,26,30). The monoisotopic (exact) mass is 507 g/mol. The highest BCUT2D eigenvalue weighted by molar-refractivity contribution is 7.93. The summed E-state index contributed by atoms with van der Waals surface area (Å²) in [6.45, 7) is 7.85. The van der Waals surface area contributed by atoms with E-state index < -0.39 is 20.5 Å². The van der Waals surface area contributed by atoms with E-state index in [0.29, 0.717) is 11.8 Å². The van der Waals surface area contributed by atoms with Gasteiger partial charge in [0.2, 0.25) is 5.91 Å². The third-order valence-electron chi connectivity index (χ3n) is 7.87. The number of carbonyl (C=O) groups excluding carboxylic acids is 2. The van der Waals surface area contributed by atoms with Crippen molar-refractivity contribution in [2.75, 3.05) is 44.3 Å². The van der Waals surface area contributed by atoms with Gasteiger partial charge < -0.3 is 14.5 Å². The van der Waals surface area contributed by atoms with E-state index in [2.05, 4.69) is 18.7 Å². The van der Waals surface area contributed by atoms with Crippen molar-refractivity contribution in [3.63, 3.8) is 0 Å². The van der Waals surface area contributed by atoms with Gasteiger partial charge in [-0.3, -0.25) is 14.8 Å². The molecule has 10 heteroatoms. The maximum absolute atomic E-state index is 13.4. The average molecular weight is 508 g/mol. The number of hydroxylamine groups is 1. The first kappa shape index (κ1) is 25.9. The fraction of sp³-hybridized carbons (Fsp3) is 0.680. The second-order valence-corrected chi connectivity index (χ2v) is 12.8. The lowest BCUT2D eigenvalue weighted by Crippen LogP contribution is -2.54. The molecule has 9 nitrogen and oxygen atoms in total. The Kier molecular flexibility index (Phi) is 7.73. The Labute approximate surface area is 207 Å². The molecule has 0 aliphatic carbocycles. The molecule has 3 heterocycles. The van der Waals surface area contributed by atoms with Crippen LogP contribution in [0.25, 0.3) is 0 Å². The van der Waals surface area contributed by atoms with Crippen LogP contribution in [-0.4, -0.2) is 74.5 Å². The van der Waals surface area contributed by atoms with Crippen LogP contribution >= 0.6 is 0 Å². The lowest BCUT2D eigenvalue weighted by atomic mass is 9.89. The zero-order chi connectivity index (χ0) is 25.2. The van der Waals surface area contributed by atoms with Crippen molar-refractivity contribution in [1.29, 1.82) is 0 Å². The van der Waals surface area contributed by atoms with E-state index in [1.54, 1.807) is 17.6 Å². The normalized spacial score (nSPS) is 25.8. The number of benzene rings is 1.